The second-order valence-corrected chi connectivity index (χ2v) is 6.05. The van der Waals surface area contributed by atoms with Gasteiger partial charge in [-0.2, -0.15) is 0 Å². The third kappa shape index (κ3) is 4.49. The number of carbonyl (C=O) groups is 2. The van der Waals surface area contributed by atoms with E-state index in [4.69, 9.17) is 18.6 Å². The maximum absolute atomic E-state index is 12.7. The molecule has 29 heavy (non-hydrogen) atoms. The van der Waals surface area contributed by atoms with Crippen molar-refractivity contribution >= 4 is 22.8 Å². The van der Waals surface area contributed by atoms with Crippen LogP contribution in [0.3, 0.4) is 0 Å². The van der Waals surface area contributed by atoms with Gasteiger partial charge in [0.1, 0.15) is 17.1 Å². The standard InChI is InChI=1S/C21H22N2O6/c1-4-28-12-17-16-7-5-6-8-18(16)29-19(17)21(25)23-22-20(24)13-9-14(26-2)11-15(10-13)27-3/h5-11H,4,12H2,1-3H3,(H,22,24)(H,23,25). The Morgan fingerprint density at radius 2 is 1.62 bits per heavy atom. The lowest BCUT2D eigenvalue weighted by Gasteiger charge is -2.10. The molecule has 1 aromatic heterocycles. The third-order valence-electron chi connectivity index (χ3n) is 4.26. The number of methoxy groups -OCH3 is 2. The van der Waals surface area contributed by atoms with E-state index in [0.29, 0.717) is 29.3 Å². The average Bonchev–Trinajstić information content (AvgIpc) is 3.13. The van der Waals surface area contributed by atoms with Crippen LogP contribution in [0.5, 0.6) is 11.5 Å². The Labute approximate surface area is 167 Å². The number of furan rings is 1. The number of amides is 2. The molecule has 0 bridgehead atoms. The molecule has 152 valence electrons. The summed E-state index contributed by atoms with van der Waals surface area (Å²) in [6.07, 6.45) is 0. The summed E-state index contributed by atoms with van der Waals surface area (Å²) < 4.78 is 21.5. The monoisotopic (exact) mass is 398 g/mol. The first-order valence-corrected chi connectivity index (χ1v) is 8.99. The molecule has 2 N–H and O–H groups in total. The minimum Gasteiger partial charge on any atom is -0.497 e. The predicted octanol–water partition coefficient (Wildman–Crippen LogP) is 3.06. The maximum Gasteiger partial charge on any atom is 0.305 e. The van der Waals surface area contributed by atoms with Gasteiger partial charge >= 0.3 is 5.91 Å². The van der Waals surface area contributed by atoms with Gasteiger partial charge < -0.3 is 18.6 Å². The van der Waals surface area contributed by atoms with E-state index in [1.165, 1.54) is 26.4 Å². The normalized spacial score (nSPS) is 10.6. The van der Waals surface area contributed by atoms with Crippen LogP contribution in [0.1, 0.15) is 33.4 Å². The van der Waals surface area contributed by atoms with Gasteiger partial charge in [-0.05, 0) is 25.1 Å². The number of hydrazine groups is 1. The number of carbonyl (C=O) groups excluding carboxylic acids is 2. The molecular weight excluding hydrogens is 376 g/mol. The van der Waals surface area contributed by atoms with Crippen LogP contribution in [0.4, 0.5) is 0 Å². The van der Waals surface area contributed by atoms with Crippen molar-refractivity contribution in [3.63, 3.8) is 0 Å². The molecule has 0 saturated heterocycles. The molecule has 0 aliphatic heterocycles. The fourth-order valence-corrected chi connectivity index (χ4v) is 2.81. The van der Waals surface area contributed by atoms with Crippen LogP contribution in [0.2, 0.25) is 0 Å². The lowest BCUT2D eigenvalue weighted by molar-refractivity contribution is 0.0825. The minimum atomic E-state index is -0.584. The molecule has 2 aromatic carbocycles. The van der Waals surface area contributed by atoms with Crippen LogP contribution in [-0.4, -0.2) is 32.6 Å². The molecule has 3 aromatic rings. The van der Waals surface area contributed by atoms with Crippen molar-refractivity contribution in [1.29, 1.82) is 0 Å². The van der Waals surface area contributed by atoms with E-state index in [-0.39, 0.29) is 17.9 Å². The predicted molar refractivity (Wildman–Crippen MR) is 106 cm³/mol. The highest BCUT2D eigenvalue weighted by Crippen LogP contribution is 2.26. The van der Waals surface area contributed by atoms with Gasteiger partial charge in [-0.1, -0.05) is 18.2 Å². The number of ether oxygens (including phenoxy) is 3. The smallest absolute Gasteiger partial charge is 0.305 e. The van der Waals surface area contributed by atoms with Crippen LogP contribution in [0.15, 0.2) is 46.9 Å². The molecule has 2 amide bonds. The number of nitrogens with one attached hydrogen (secondary N) is 2. The van der Waals surface area contributed by atoms with Gasteiger partial charge in [-0.25, -0.2) is 0 Å². The number of hydrogen-bond donors (Lipinski definition) is 2. The highest BCUT2D eigenvalue weighted by Gasteiger charge is 2.21. The summed E-state index contributed by atoms with van der Waals surface area (Å²) in [4.78, 5) is 25.1. The number of hydrogen-bond acceptors (Lipinski definition) is 6. The van der Waals surface area contributed by atoms with Crippen molar-refractivity contribution < 1.29 is 28.2 Å². The molecule has 0 saturated carbocycles. The second-order valence-electron chi connectivity index (χ2n) is 6.05. The average molecular weight is 398 g/mol. The van der Waals surface area contributed by atoms with Crippen molar-refractivity contribution in [2.24, 2.45) is 0 Å². The van der Waals surface area contributed by atoms with Gasteiger partial charge in [0.15, 0.2) is 5.76 Å². The first-order valence-electron chi connectivity index (χ1n) is 8.99. The Morgan fingerprint density at radius 3 is 2.28 bits per heavy atom. The lowest BCUT2D eigenvalue weighted by Crippen LogP contribution is -2.41. The Morgan fingerprint density at radius 1 is 0.966 bits per heavy atom. The van der Waals surface area contributed by atoms with Crippen molar-refractivity contribution in [3.8, 4) is 11.5 Å². The molecule has 1 heterocycles. The van der Waals surface area contributed by atoms with Gasteiger partial charge in [0.2, 0.25) is 0 Å². The molecule has 0 spiro atoms. The van der Waals surface area contributed by atoms with Crippen molar-refractivity contribution in [2.75, 3.05) is 20.8 Å². The largest absolute Gasteiger partial charge is 0.497 e. The van der Waals surface area contributed by atoms with Crippen LogP contribution in [0.25, 0.3) is 11.0 Å². The summed E-state index contributed by atoms with van der Waals surface area (Å²) in [6.45, 7) is 2.58. The van der Waals surface area contributed by atoms with Crippen molar-refractivity contribution in [1.82, 2.24) is 10.9 Å². The van der Waals surface area contributed by atoms with Gasteiger partial charge in [0.25, 0.3) is 5.91 Å². The Kier molecular flexibility index (Phi) is 6.36. The summed E-state index contributed by atoms with van der Waals surface area (Å²) in [5.41, 5.74) is 6.21. The Balaban J connectivity index is 1.78. The topological polar surface area (TPSA) is 99.0 Å². The summed E-state index contributed by atoms with van der Waals surface area (Å²) in [7, 11) is 2.97. The van der Waals surface area contributed by atoms with E-state index in [1.54, 1.807) is 12.1 Å². The Bertz CT molecular complexity index is 1000. The van der Waals surface area contributed by atoms with Crippen molar-refractivity contribution in [3.05, 3.63) is 59.4 Å². The SMILES string of the molecule is CCOCc1c(C(=O)NNC(=O)c2cc(OC)cc(OC)c2)oc2ccccc12. The second kappa shape index (κ2) is 9.11. The third-order valence-corrected chi connectivity index (χ3v) is 4.26. The molecule has 8 heteroatoms. The maximum atomic E-state index is 12.7. The first-order chi connectivity index (χ1) is 14.1. The molecule has 0 fully saturated rings. The van der Waals surface area contributed by atoms with Gasteiger partial charge in [-0.3, -0.25) is 20.4 Å². The van der Waals surface area contributed by atoms with E-state index < -0.39 is 11.8 Å². The quantitative estimate of drug-likeness (QED) is 0.594. The first kappa shape index (κ1) is 20.2. The Hall–Kier alpha value is -3.52. The molecular formula is C21H22N2O6. The van der Waals surface area contributed by atoms with Crippen LogP contribution >= 0.6 is 0 Å². The number of para-hydroxylation sites is 1. The van der Waals surface area contributed by atoms with Crippen molar-refractivity contribution in [2.45, 2.75) is 13.5 Å². The summed E-state index contributed by atoms with van der Waals surface area (Å²) >= 11 is 0. The number of rotatable bonds is 7. The van der Waals surface area contributed by atoms with E-state index in [9.17, 15) is 9.59 Å². The summed E-state index contributed by atoms with van der Waals surface area (Å²) in [5.74, 6) is -0.116. The zero-order chi connectivity index (χ0) is 20.8. The molecule has 0 aliphatic carbocycles. The molecule has 0 unspecified atom stereocenters. The zero-order valence-corrected chi connectivity index (χ0v) is 16.4. The van der Waals surface area contributed by atoms with E-state index in [1.807, 2.05) is 25.1 Å². The number of fused-ring (bicyclic) bond motifs is 1. The molecule has 0 atom stereocenters. The van der Waals surface area contributed by atoms with Gasteiger partial charge in [0.05, 0.1) is 20.8 Å². The van der Waals surface area contributed by atoms with Gasteiger partial charge in [-0.15, -0.1) is 0 Å². The molecule has 0 aliphatic rings. The van der Waals surface area contributed by atoms with E-state index in [2.05, 4.69) is 10.9 Å². The van der Waals surface area contributed by atoms with E-state index >= 15 is 0 Å². The van der Waals surface area contributed by atoms with E-state index in [0.717, 1.165) is 5.39 Å². The zero-order valence-electron chi connectivity index (χ0n) is 16.4. The fourth-order valence-electron chi connectivity index (χ4n) is 2.81. The van der Waals surface area contributed by atoms with Gasteiger partial charge in [0, 0.05) is 29.2 Å². The minimum absolute atomic E-state index is 0.0863. The molecule has 0 radical (unpaired) electrons. The fraction of sp³-hybridized carbons (Fsp3) is 0.238. The summed E-state index contributed by atoms with van der Waals surface area (Å²) in [5, 5.41) is 0.787. The van der Waals surface area contributed by atoms with Crippen LogP contribution < -0.4 is 20.3 Å². The lowest BCUT2D eigenvalue weighted by atomic mass is 10.1. The molecule has 8 nitrogen and oxygen atoms in total. The number of benzene rings is 2. The van der Waals surface area contributed by atoms with Crippen LogP contribution in [0, 0.1) is 0 Å². The summed E-state index contributed by atoms with van der Waals surface area (Å²) in [6, 6.07) is 12.0. The molecule has 3 rings (SSSR count). The highest BCUT2D eigenvalue weighted by atomic mass is 16.5. The van der Waals surface area contributed by atoms with Crippen LogP contribution in [-0.2, 0) is 11.3 Å². The highest BCUT2D eigenvalue weighted by molar-refractivity contribution is 6.01.